The summed E-state index contributed by atoms with van der Waals surface area (Å²) in [4.78, 5) is -0.277. The van der Waals surface area contributed by atoms with Crippen LogP contribution in [-0.4, -0.2) is 23.9 Å². The minimum Gasteiger partial charge on any atom is -0.495 e. The van der Waals surface area contributed by atoms with E-state index in [1.807, 2.05) is 0 Å². The monoisotopic (exact) mass is 446 g/mol. The molecule has 0 saturated heterocycles. The van der Waals surface area contributed by atoms with Crippen molar-refractivity contribution in [1.82, 2.24) is 0 Å². The van der Waals surface area contributed by atoms with Crippen LogP contribution in [0.25, 0.3) is 0 Å². The van der Waals surface area contributed by atoms with E-state index in [-0.39, 0.29) is 15.5 Å². The molecule has 0 saturated carbocycles. The van der Waals surface area contributed by atoms with E-state index in [2.05, 4.69) is 9.44 Å². The predicted octanol–water partition coefficient (Wildman–Crippen LogP) is 3.91. The van der Waals surface area contributed by atoms with E-state index < -0.39 is 20.0 Å². The Morgan fingerprint density at radius 1 is 0.700 bits per heavy atom. The lowest BCUT2D eigenvalue weighted by atomic mass is 10.2. The number of benzene rings is 3. The molecule has 0 bridgehead atoms. The summed E-state index contributed by atoms with van der Waals surface area (Å²) >= 11 is 0. The largest absolute Gasteiger partial charge is 0.495 e. The second kappa shape index (κ2) is 8.37. The summed E-state index contributed by atoms with van der Waals surface area (Å²) in [6.45, 7) is 3.56. The van der Waals surface area contributed by atoms with Crippen molar-refractivity contribution >= 4 is 31.4 Å². The number of hydrogen-bond donors (Lipinski definition) is 2. The van der Waals surface area contributed by atoms with Gasteiger partial charge in [0.05, 0.1) is 23.4 Å². The molecule has 0 fully saturated rings. The molecule has 0 aromatic heterocycles. The van der Waals surface area contributed by atoms with Gasteiger partial charge in [0.1, 0.15) is 10.6 Å². The van der Waals surface area contributed by atoms with Crippen LogP contribution in [0.3, 0.4) is 0 Å². The van der Waals surface area contributed by atoms with Gasteiger partial charge < -0.3 is 4.74 Å². The van der Waals surface area contributed by atoms with Crippen molar-refractivity contribution in [2.45, 2.75) is 23.6 Å². The van der Waals surface area contributed by atoms with E-state index in [1.165, 1.54) is 25.3 Å². The van der Waals surface area contributed by atoms with Crippen LogP contribution in [0.1, 0.15) is 11.1 Å². The molecule has 0 heterocycles. The van der Waals surface area contributed by atoms with Gasteiger partial charge in [-0.1, -0.05) is 36.4 Å². The SMILES string of the molecule is COc1cc(S(=O)(=O)Nc2ccccc2C)ccc1S(=O)(=O)Nc1ccccc1C. The van der Waals surface area contributed by atoms with Gasteiger partial charge in [-0.05, 0) is 49.2 Å². The summed E-state index contributed by atoms with van der Waals surface area (Å²) in [6.07, 6.45) is 0. The number of nitrogens with one attached hydrogen (secondary N) is 2. The quantitative estimate of drug-likeness (QED) is 0.573. The third-order valence-electron chi connectivity index (χ3n) is 4.51. The van der Waals surface area contributed by atoms with Crippen LogP contribution in [0, 0.1) is 13.8 Å². The second-order valence-electron chi connectivity index (χ2n) is 6.65. The molecule has 0 atom stereocenters. The third-order valence-corrected chi connectivity index (χ3v) is 7.28. The Morgan fingerprint density at radius 2 is 1.20 bits per heavy atom. The molecule has 3 rings (SSSR count). The Balaban J connectivity index is 1.96. The number of ether oxygens (including phenoxy) is 1. The molecule has 0 unspecified atom stereocenters. The highest BCUT2D eigenvalue weighted by Gasteiger charge is 2.24. The van der Waals surface area contributed by atoms with Gasteiger partial charge in [0, 0.05) is 6.07 Å². The first kappa shape index (κ1) is 21.7. The average Bonchev–Trinajstić information content (AvgIpc) is 2.70. The molecule has 9 heteroatoms. The van der Waals surface area contributed by atoms with Gasteiger partial charge in [-0.25, -0.2) is 16.8 Å². The van der Waals surface area contributed by atoms with Crippen molar-refractivity contribution in [3.8, 4) is 5.75 Å². The van der Waals surface area contributed by atoms with E-state index in [4.69, 9.17) is 4.74 Å². The van der Waals surface area contributed by atoms with Crippen LogP contribution in [-0.2, 0) is 20.0 Å². The standard InChI is InChI=1S/C21H22N2O5S2/c1-15-8-4-6-10-18(15)22-29(24,25)17-12-13-21(20(14-17)28-3)30(26,27)23-19-11-7-5-9-16(19)2/h4-14,22-23H,1-3H3. The molecule has 3 aromatic carbocycles. The summed E-state index contributed by atoms with van der Waals surface area (Å²) in [5.74, 6) is -0.0799. The number of anilines is 2. The maximum atomic E-state index is 12.9. The Labute approximate surface area is 176 Å². The Kier molecular flexibility index (Phi) is 6.04. The molecule has 0 aliphatic heterocycles. The van der Waals surface area contributed by atoms with Gasteiger partial charge in [0.25, 0.3) is 20.0 Å². The summed E-state index contributed by atoms with van der Waals surface area (Å²) in [5.41, 5.74) is 2.38. The van der Waals surface area contributed by atoms with Crippen molar-refractivity contribution < 1.29 is 21.6 Å². The van der Waals surface area contributed by atoms with Crippen LogP contribution in [0.4, 0.5) is 11.4 Å². The fourth-order valence-corrected chi connectivity index (χ4v) is 5.24. The van der Waals surface area contributed by atoms with Gasteiger partial charge in [0.2, 0.25) is 0 Å². The average molecular weight is 447 g/mol. The Bertz CT molecular complexity index is 1290. The third kappa shape index (κ3) is 4.58. The minimum atomic E-state index is -4.00. The zero-order chi connectivity index (χ0) is 21.9. The lowest BCUT2D eigenvalue weighted by molar-refractivity contribution is 0.401. The molecule has 0 aliphatic carbocycles. The molecule has 2 N–H and O–H groups in total. The molecule has 0 amide bonds. The summed E-state index contributed by atoms with van der Waals surface area (Å²) in [6, 6.07) is 17.5. The van der Waals surface area contributed by atoms with Crippen molar-refractivity contribution in [1.29, 1.82) is 0 Å². The molecule has 0 aliphatic rings. The topological polar surface area (TPSA) is 102 Å². The number of methoxy groups -OCH3 is 1. The molecule has 30 heavy (non-hydrogen) atoms. The number of aryl methyl sites for hydroxylation is 2. The van der Waals surface area contributed by atoms with Crippen molar-refractivity contribution in [2.24, 2.45) is 0 Å². The molecule has 158 valence electrons. The maximum Gasteiger partial charge on any atom is 0.265 e. The number of sulfonamides is 2. The first-order chi connectivity index (χ1) is 14.1. The van der Waals surface area contributed by atoms with Crippen molar-refractivity contribution in [3.05, 3.63) is 77.9 Å². The fraction of sp³-hybridized carbons (Fsp3) is 0.143. The Morgan fingerprint density at radius 3 is 1.70 bits per heavy atom. The molecule has 7 nitrogen and oxygen atoms in total. The predicted molar refractivity (Wildman–Crippen MR) is 117 cm³/mol. The zero-order valence-corrected chi connectivity index (χ0v) is 18.3. The van der Waals surface area contributed by atoms with E-state index in [9.17, 15) is 16.8 Å². The lowest BCUT2D eigenvalue weighted by Gasteiger charge is -2.15. The molecule has 3 aromatic rings. The van der Waals surface area contributed by atoms with Gasteiger partial charge in [-0.2, -0.15) is 0 Å². The second-order valence-corrected chi connectivity index (χ2v) is 9.99. The normalized spacial score (nSPS) is 11.7. The zero-order valence-electron chi connectivity index (χ0n) is 16.7. The van der Waals surface area contributed by atoms with Crippen molar-refractivity contribution in [2.75, 3.05) is 16.6 Å². The van der Waals surface area contributed by atoms with E-state index in [0.717, 1.165) is 11.1 Å². The smallest absolute Gasteiger partial charge is 0.265 e. The van der Waals surface area contributed by atoms with Crippen LogP contribution < -0.4 is 14.2 Å². The van der Waals surface area contributed by atoms with Gasteiger partial charge in [-0.3, -0.25) is 9.44 Å². The van der Waals surface area contributed by atoms with Gasteiger partial charge in [-0.15, -0.1) is 0 Å². The fourth-order valence-electron chi connectivity index (χ4n) is 2.82. The number of para-hydroxylation sites is 2. The number of rotatable bonds is 7. The van der Waals surface area contributed by atoms with Crippen LogP contribution >= 0.6 is 0 Å². The number of hydrogen-bond acceptors (Lipinski definition) is 5. The highest BCUT2D eigenvalue weighted by atomic mass is 32.2. The molecule has 0 radical (unpaired) electrons. The molecule has 0 spiro atoms. The van der Waals surface area contributed by atoms with Gasteiger partial charge in [0.15, 0.2) is 0 Å². The summed E-state index contributed by atoms with van der Waals surface area (Å²) < 4.78 is 61.5. The van der Waals surface area contributed by atoms with Crippen molar-refractivity contribution in [3.63, 3.8) is 0 Å². The van der Waals surface area contributed by atoms with Crippen LogP contribution in [0.5, 0.6) is 5.75 Å². The maximum absolute atomic E-state index is 12.9. The summed E-state index contributed by atoms with van der Waals surface area (Å²) in [7, 11) is -6.65. The van der Waals surface area contributed by atoms with Gasteiger partial charge >= 0.3 is 0 Å². The van der Waals surface area contributed by atoms with Crippen LogP contribution in [0.15, 0.2) is 76.5 Å². The Hall–Kier alpha value is -3.04. The molecular weight excluding hydrogens is 424 g/mol. The minimum absolute atomic E-state index is 0.0799. The van der Waals surface area contributed by atoms with E-state index >= 15 is 0 Å². The van der Waals surface area contributed by atoms with E-state index in [0.29, 0.717) is 11.4 Å². The highest BCUT2D eigenvalue weighted by Crippen LogP contribution is 2.30. The first-order valence-electron chi connectivity index (χ1n) is 8.99. The van der Waals surface area contributed by atoms with E-state index in [1.54, 1.807) is 62.4 Å². The molecular formula is C21H22N2O5S2. The first-order valence-corrected chi connectivity index (χ1v) is 12.0. The summed E-state index contributed by atoms with van der Waals surface area (Å²) in [5, 5.41) is 0. The lowest BCUT2D eigenvalue weighted by Crippen LogP contribution is -2.17. The highest BCUT2D eigenvalue weighted by molar-refractivity contribution is 7.93. The van der Waals surface area contributed by atoms with Crippen LogP contribution in [0.2, 0.25) is 0 Å².